The fourth-order valence-corrected chi connectivity index (χ4v) is 2.56. The summed E-state index contributed by atoms with van der Waals surface area (Å²) in [5.41, 5.74) is 0.909. The Kier molecular flexibility index (Phi) is 4.39. The molecule has 0 saturated carbocycles. The summed E-state index contributed by atoms with van der Waals surface area (Å²) in [5.74, 6) is 0.839. The second-order valence-corrected chi connectivity index (χ2v) is 5.51. The van der Waals surface area contributed by atoms with E-state index in [9.17, 15) is 5.11 Å². The van der Waals surface area contributed by atoms with Gasteiger partial charge in [-0.2, -0.15) is 0 Å². The molecular formula is C15H18O2S. The molecular weight excluding hydrogens is 244 g/mol. The van der Waals surface area contributed by atoms with Crippen molar-refractivity contribution in [2.75, 3.05) is 0 Å². The van der Waals surface area contributed by atoms with Gasteiger partial charge in [-0.05, 0) is 43.2 Å². The van der Waals surface area contributed by atoms with Crippen LogP contribution in [0.5, 0.6) is 5.75 Å². The number of aliphatic hydroxyl groups is 1. The summed E-state index contributed by atoms with van der Waals surface area (Å²) < 4.78 is 5.71. The molecule has 2 rings (SSSR count). The third kappa shape index (κ3) is 3.34. The molecule has 0 unspecified atom stereocenters. The lowest BCUT2D eigenvalue weighted by atomic mass is 10.1. The summed E-state index contributed by atoms with van der Waals surface area (Å²) in [6.45, 7) is 4.53. The van der Waals surface area contributed by atoms with E-state index in [1.54, 1.807) is 18.3 Å². The molecule has 0 aliphatic rings. The number of rotatable bonds is 5. The van der Waals surface area contributed by atoms with Gasteiger partial charge in [0.15, 0.2) is 0 Å². The van der Waals surface area contributed by atoms with E-state index in [1.807, 2.05) is 24.3 Å². The molecule has 18 heavy (non-hydrogen) atoms. The molecule has 1 aromatic heterocycles. The second-order valence-electron chi connectivity index (χ2n) is 4.26. The number of aliphatic hydroxyl groups excluding tert-OH is 1. The van der Waals surface area contributed by atoms with Crippen molar-refractivity contribution in [3.8, 4) is 5.75 Å². The molecule has 0 saturated heterocycles. The number of ether oxygens (including phenoxy) is 1. The van der Waals surface area contributed by atoms with Gasteiger partial charge in [-0.1, -0.05) is 19.1 Å². The quantitative estimate of drug-likeness (QED) is 0.884. The molecule has 2 nitrogen and oxygen atoms in total. The Morgan fingerprint density at radius 3 is 2.33 bits per heavy atom. The van der Waals surface area contributed by atoms with E-state index in [2.05, 4.69) is 19.1 Å². The number of aryl methyl sites for hydroxylation is 1. The van der Waals surface area contributed by atoms with Crippen LogP contribution >= 0.6 is 11.3 Å². The van der Waals surface area contributed by atoms with Crippen LogP contribution in [-0.4, -0.2) is 5.11 Å². The Hall–Kier alpha value is -1.32. The van der Waals surface area contributed by atoms with Crippen molar-refractivity contribution >= 4 is 11.3 Å². The van der Waals surface area contributed by atoms with Crippen molar-refractivity contribution < 1.29 is 9.84 Å². The number of hydrogen-bond donors (Lipinski definition) is 1. The molecule has 0 spiro atoms. The van der Waals surface area contributed by atoms with Crippen LogP contribution in [0.2, 0.25) is 0 Å². The first-order valence-corrected chi connectivity index (χ1v) is 6.99. The van der Waals surface area contributed by atoms with Crippen LogP contribution in [0.4, 0.5) is 0 Å². The predicted octanol–water partition coefficient (Wildman–Crippen LogP) is 3.94. The van der Waals surface area contributed by atoms with Gasteiger partial charge in [0, 0.05) is 9.75 Å². The Morgan fingerprint density at radius 1 is 1.11 bits per heavy atom. The van der Waals surface area contributed by atoms with Crippen molar-refractivity contribution in [1.29, 1.82) is 0 Å². The average Bonchev–Trinajstić information content (AvgIpc) is 2.85. The lowest BCUT2D eigenvalue weighted by molar-refractivity contribution is 0.199. The smallest absolute Gasteiger partial charge is 0.122 e. The first-order valence-electron chi connectivity index (χ1n) is 6.17. The molecule has 0 radical (unpaired) electrons. The maximum atomic E-state index is 9.41. The minimum Gasteiger partial charge on any atom is -0.488 e. The largest absolute Gasteiger partial charge is 0.488 e. The van der Waals surface area contributed by atoms with E-state index in [0.29, 0.717) is 6.61 Å². The molecule has 1 aromatic carbocycles. The van der Waals surface area contributed by atoms with Gasteiger partial charge >= 0.3 is 0 Å². The fraction of sp³-hybridized carbons (Fsp3) is 0.333. The van der Waals surface area contributed by atoms with Crippen LogP contribution in [0.15, 0.2) is 36.4 Å². The molecule has 2 aromatic rings. The maximum absolute atomic E-state index is 9.41. The van der Waals surface area contributed by atoms with Crippen molar-refractivity contribution in [1.82, 2.24) is 0 Å². The van der Waals surface area contributed by atoms with E-state index in [1.165, 1.54) is 9.75 Å². The molecule has 0 aliphatic carbocycles. The summed E-state index contributed by atoms with van der Waals surface area (Å²) in [7, 11) is 0. The second kappa shape index (κ2) is 6.03. The molecule has 0 amide bonds. The number of benzene rings is 1. The fourth-order valence-electron chi connectivity index (χ4n) is 1.69. The molecule has 96 valence electrons. The molecule has 1 atom stereocenters. The predicted molar refractivity (Wildman–Crippen MR) is 75.1 cm³/mol. The van der Waals surface area contributed by atoms with Crippen molar-refractivity contribution in [2.45, 2.75) is 33.0 Å². The highest BCUT2D eigenvalue weighted by Gasteiger charge is 2.02. The topological polar surface area (TPSA) is 29.5 Å². The van der Waals surface area contributed by atoms with E-state index in [0.717, 1.165) is 17.7 Å². The molecule has 3 heteroatoms. The summed E-state index contributed by atoms with van der Waals surface area (Å²) in [6, 6.07) is 11.9. The Bertz CT molecular complexity index is 485. The lowest BCUT2D eigenvalue weighted by Gasteiger charge is -2.07. The van der Waals surface area contributed by atoms with Crippen LogP contribution in [0.25, 0.3) is 0 Å². The SMILES string of the molecule is CCc1ccc(COc2ccc([C@H](C)O)cc2)s1. The minimum atomic E-state index is -0.427. The summed E-state index contributed by atoms with van der Waals surface area (Å²) in [6.07, 6.45) is 0.650. The van der Waals surface area contributed by atoms with Gasteiger partial charge in [0.05, 0.1) is 6.10 Å². The van der Waals surface area contributed by atoms with Crippen LogP contribution in [0.3, 0.4) is 0 Å². The zero-order chi connectivity index (χ0) is 13.0. The Labute approximate surface area is 112 Å². The average molecular weight is 262 g/mol. The van der Waals surface area contributed by atoms with E-state index >= 15 is 0 Å². The zero-order valence-electron chi connectivity index (χ0n) is 10.7. The van der Waals surface area contributed by atoms with Crippen LogP contribution < -0.4 is 4.74 Å². The van der Waals surface area contributed by atoms with E-state index in [-0.39, 0.29) is 0 Å². The number of hydrogen-bond acceptors (Lipinski definition) is 3. The Morgan fingerprint density at radius 2 is 1.78 bits per heavy atom. The summed E-state index contributed by atoms with van der Waals surface area (Å²) >= 11 is 1.80. The minimum absolute atomic E-state index is 0.427. The summed E-state index contributed by atoms with van der Waals surface area (Å²) in [5, 5.41) is 9.41. The highest BCUT2D eigenvalue weighted by molar-refractivity contribution is 7.11. The van der Waals surface area contributed by atoms with E-state index < -0.39 is 6.10 Å². The third-order valence-electron chi connectivity index (χ3n) is 2.81. The first-order chi connectivity index (χ1) is 8.69. The number of thiophene rings is 1. The molecule has 1 N–H and O–H groups in total. The maximum Gasteiger partial charge on any atom is 0.122 e. The standard InChI is InChI=1S/C15H18O2S/c1-3-14-8-9-15(18-14)10-17-13-6-4-12(5-7-13)11(2)16/h4-9,11,16H,3,10H2,1-2H3/t11-/m0/s1. The lowest BCUT2D eigenvalue weighted by Crippen LogP contribution is -1.94. The van der Waals surface area contributed by atoms with Crippen molar-refractivity contribution in [3.05, 3.63) is 51.7 Å². The monoisotopic (exact) mass is 262 g/mol. The van der Waals surface area contributed by atoms with Gasteiger partial charge in [-0.15, -0.1) is 11.3 Å². The Balaban J connectivity index is 1.93. The van der Waals surface area contributed by atoms with Gasteiger partial charge < -0.3 is 9.84 Å². The van der Waals surface area contributed by atoms with Crippen molar-refractivity contribution in [3.63, 3.8) is 0 Å². The van der Waals surface area contributed by atoms with Gasteiger partial charge in [0.1, 0.15) is 12.4 Å². The van der Waals surface area contributed by atoms with Crippen LogP contribution in [0, 0.1) is 0 Å². The van der Waals surface area contributed by atoms with Crippen LogP contribution in [0.1, 0.15) is 35.3 Å². The van der Waals surface area contributed by atoms with Gasteiger partial charge in [-0.3, -0.25) is 0 Å². The molecule has 0 fully saturated rings. The molecule has 0 aliphatic heterocycles. The molecule has 0 bridgehead atoms. The van der Waals surface area contributed by atoms with E-state index in [4.69, 9.17) is 4.74 Å². The van der Waals surface area contributed by atoms with Crippen molar-refractivity contribution in [2.24, 2.45) is 0 Å². The normalized spacial score (nSPS) is 12.4. The third-order valence-corrected chi connectivity index (χ3v) is 4.01. The highest BCUT2D eigenvalue weighted by Crippen LogP contribution is 2.21. The first kappa shape index (κ1) is 13.1. The van der Waals surface area contributed by atoms with Crippen LogP contribution in [-0.2, 0) is 13.0 Å². The van der Waals surface area contributed by atoms with Gasteiger partial charge in [-0.25, -0.2) is 0 Å². The summed E-state index contributed by atoms with van der Waals surface area (Å²) in [4.78, 5) is 2.63. The van der Waals surface area contributed by atoms with Gasteiger partial charge in [0.2, 0.25) is 0 Å². The zero-order valence-corrected chi connectivity index (χ0v) is 11.5. The highest BCUT2D eigenvalue weighted by atomic mass is 32.1. The molecule has 1 heterocycles. The van der Waals surface area contributed by atoms with Gasteiger partial charge in [0.25, 0.3) is 0 Å².